The number of aromatic nitrogens is 4. The lowest BCUT2D eigenvalue weighted by atomic mass is 10.1. The van der Waals surface area contributed by atoms with Crippen molar-refractivity contribution in [3.8, 4) is 11.1 Å². The third-order valence-electron chi connectivity index (χ3n) is 4.76. The summed E-state index contributed by atoms with van der Waals surface area (Å²) in [4.78, 5) is 13.1. The molecule has 3 aromatic heterocycles. The lowest BCUT2D eigenvalue weighted by Crippen LogP contribution is -2.30. The highest BCUT2D eigenvalue weighted by Gasteiger charge is 2.46. The zero-order valence-electron chi connectivity index (χ0n) is 19.7. The molecule has 3 aromatic rings. The molecule has 1 fully saturated rings. The van der Waals surface area contributed by atoms with Gasteiger partial charge in [-0.2, -0.15) is 0 Å². The summed E-state index contributed by atoms with van der Waals surface area (Å²) in [6, 6.07) is 3.93. The van der Waals surface area contributed by atoms with Gasteiger partial charge in [0.05, 0.1) is 18.3 Å². The van der Waals surface area contributed by atoms with Crippen LogP contribution in [0.25, 0.3) is 16.6 Å². The van der Waals surface area contributed by atoms with Crippen LogP contribution >= 0.6 is 0 Å². The summed E-state index contributed by atoms with van der Waals surface area (Å²) in [6.45, 7) is 11.9. The van der Waals surface area contributed by atoms with Gasteiger partial charge >= 0.3 is 0 Å². The number of hydrogen-bond acceptors (Lipinski definition) is 5. The van der Waals surface area contributed by atoms with Crippen LogP contribution < -0.4 is 5.32 Å². The maximum absolute atomic E-state index is 13.8. The van der Waals surface area contributed by atoms with Gasteiger partial charge in [-0.05, 0) is 57.2 Å². The smallest absolute Gasteiger partial charge is 0.267 e. The van der Waals surface area contributed by atoms with Crippen LogP contribution in [0.2, 0.25) is 0 Å². The molecule has 0 radical (unpaired) electrons. The molecule has 0 bridgehead atoms. The predicted molar refractivity (Wildman–Crippen MR) is 126 cm³/mol. The molecule has 3 heterocycles. The molecular formula is C24H32F2N6. The van der Waals surface area contributed by atoms with Gasteiger partial charge in [-0.1, -0.05) is 20.8 Å². The second-order valence-corrected chi connectivity index (χ2v) is 9.19. The van der Waals surface area contributed by atoms with Crippen LogP contribution in [-0.2, 0) is 0 Å². The van der Waals surface area contributed by atoms with Crippen molar-refractivity contribution in [2.75, 3.05) is 11.9 Å². The van der Waals surface area contributed by atoms with E-state index in [4.69, 9.17) is 0 Å². The normalized spacial score (nSPS) is 13.7. The highest BCUT2D eigenvalue weighted by Crippen LogP contribution is 2.43. The van der Waals surface area contributed by atoms with E-state index in [2.05, 4.69) is 46.1 Å². The van der Waals surface area contributed by atoms with Crippen molar-refractivity contribution in [1.82, 2.24) is 19.6 Å². The summed E-state index contributed by atoms with van der Waals surface area (Å²) < 4.78 is 29.3. The Morgan fingerprint density at radius 1 is 1.22 bits per heavy atom. The number of nitrogens with one attached hydrogen (secondary N) is 1. The highest BCUT2D eigenvalue weighted by molar-refractivity contribution is 5.83. The van der Waals surface area contributed by atoms with Crippen LogP contribution in [0.1, 0.15) is 53.0 Å². The van der Waals surface area contributed by atoms with E-state index in [1.165, 1.54) is 0 Å². The Kier molecular flexibility index (Phi) is 7.21. The van der Waals surface area contributed by atoms with Gasteiger partial charge < -0.3 is 5.32 Å². The molecule has 0 unspecified atom stereocenters. The monoisotopic (exact) mass is 442 g/mol. The van der Waals surface area contributed by atoms with Gasteiger partial charge in [0.1, 0.15) is 0 Å². The third-order valence-corrected chi connectivity index (χ3v) is 4.76. The fraction of sp³-hybridized carbons (Fsp3) is 0.500. The molecule has 0 saturated heterocycles. The van der Waals surface area contributed by atoms with Crippen LogP contribution in [0, 0.1) is 18.8 Å². The molecule has 0 amide bonds. The van der Waals surface area contributed by atoms with E-state index in [0.717, 1.165) is 33.8 Å². The van der Waals surface area contributed by atoms with Crippen LogP contribution in [0.5, 0.6) is 0 Å². The Bertz CT molecular complexity index is 1090. The van der Waals surface area contributed by atoms with Crippen LogP contribution in [0.15, 0.2) is 35.7 Å². The minimum atomic E-state index is -2.72. The van der Waals surface area contributed by atoms with Crippen molar-refractivity contribution in [1.29, 1.82) is 0 Å². The number of halogens is 2. The number of aryl methyl sites for hydroxylation is 1. The number of hydrogen-bond donors (Lipinski definition) is 1. The number of anilines is 1. The summed E-state index contributed by atoms with van der Waals surface area (Å²) in [5, 5.41) is 6.96. The average molecular weight is 443 g/mol. The fourth-order valence-electron chi connectivity index (χ4n) is 3.12. The molecule has 0 atom stereocenters. The average Bonchev–Trinajstić information content (AvgIpc) is 3.48. The van der Waals surface area contributed by atoms with Crippen molar-refractivity contribution >= 4 is 23.0 Å². The maximum atomic E-state index is 13.8. The second-order valence-electron chi connectivity index (χ2n) is 9.19. The van der Waals surface area contributed by atoms with Crippen molar-refractivity contribution in [2.24, 2.45) is 16.8 Å². The van der Waals surface area contributed by atoms with Crippen molar-refractivity contribution < 1.29 is 8.78 Å². The van der Waals surface area contributed by atoms with Crippen molar-refractivity contribution in [3.05, 3.63) is 36.3 Å². The Morgan fingerprint density at radius 3 is 2.50 bits per heavy atom. The first kappa shape index (κ1) is 23.8. The molecule has 172 valence electrons. The van der Waals surface area contributed by atoms with Gasteiger partial charge in [-0.15, -0.1) is 5.10 Å². The standard InChI is InChI=1S/C20H22F2N6.C4H10/c1-12(2)26-18-13(3)8-14(9-23-18)16-6-7-28-17(16)10-24-19(27-28)25-11-20(21,22)15-4-5-15;1-4(2)3/h6-10,15H,4-5,11H2,1-3H3,(H,25,27);4H,1-3H3. The van der Waals surface area contributed by atoms with Crippen LogP contribution in [0.4, 0.5) is 20.5 Å². The van der Waals surface area contributed by atoms with Gasteiger partial charge in [-0.25, -0.2) is 28.3 Å². The van der Waals surface area contributed by atoms with E-state index >= 15 is 0 Å². The molecule has 0 aromatic carbocycles. The Balaban J connectivity index is 0.000000668. The molecule has 1 saturated carbocycles. The van der Waals surface area contributed by atoms with E-state index in [0.29, 0.717) is 18.7 Å². The Hall–Kier alpha value is -2.90. The van der Waals surface area contributed by atoms with Gasteiger partial charge in [0.2, 0.25) is 5.95 Å². The fourth-order valence-corrected chi connectivity index (χ4v) is 3.12. The zero-order chi connectivity index (χ0) is 23.5. The highest BCUT2D eigenvalue weighted by atomic mass is 19.3. The predicted octanol–water partition coefficient (Wildman–Crippen LogP) is 6.33. The number of fused-ring (bicyclic) bond motifs is 1. The van der Waals surface area contributed by atoms with E-state index in [1.807, 2.05) is 32.9 Å². The molecular weight excluding hydrogens is 410 g/mol. The topological polar surface area (TPSA) is 67.5 Å². The summed E-state index contributed by atoms with van der Waals surface area (Å²) in [7, 11) is 0. The largest absolute Gasteiger partial charge is 0.347 e. The van der Waals surface area contributed by atoms with Crippen LogP contribution in [0.3, 0.4) is 0 Å². The van der Waals surface area contributed by atoms with E-state index in [9.17, 15) is 8.78 Å². The molecule has 0 aliphatic heterocycles. The Morgan fingerprint density at radius 2 is 1.91 bits per heavy atom. The summed E-state index contributed by atoms with van der Waals surface area (Å²) >= 11 is 0. The molecule has 6 nitrogen and oxygen atoms in total. The number of rotatable bonds is 6. The molecule has 32 heavy (non-hydrogen) atoms. The minimum absolute atomic E-state index is 0.187. The van der Waals surface area contributed by atoms with Crippen molar-refractivity contribution in [3.63, 3.8) is 0 Å². The molecule has 0 spiro atoms. The first-order valence-electron chi connectivity index (χ1n) is 11.0. The second kappa shape index (κ2) is 9.71. The first-order valence-corrected chi connectivity index (χ1v) is 11.0. The quantitative estimate of drug-likeness (QED) is 0.453. The van der Waals surface area contributed by atoms with E-state index in [-0.39, 0.29) is 5.95 Å². The van der Waals surface area contributed by atoms with Crippen LogP contribution in [-0.4, -0.2) is 37.8 Å². The van der Waals surface area contributed by atoms with E-state index < -0.39 is 18.4 Å². The maximum Gasteiger partial charge on any atom is 0.267 e. The number of alkyl halides is 2. The molecule has 1 N–H and O–H groups in total. The van der Waals surface area contributed by atoms with E-state index in [1.54, 1.807) is 23.1 Å². The summed E-state index contributed by atoms with van der Waals surface area (Å²) in [5.41, 5.74) is 4.55. The number of pyridine rings is 1. The Labute approximate surface area is 188 Å². The minimum Gasteiger partial charge on any atom is -0.347 e. The summed E-state index contributed by atoms with van der Waals surface area (Å²) in [6.07, 6.45) is 6.37. The van der Waals surface area contributed by atoms with Crippen molar-refractivity contribution in [2.45, 2.75) is 60.3 Å². The molecule has 8 heteroatoms. The summed E-state index contributed by atoms with van der Waals surface area (Å²) in [5.74, 6) is -1.51. The van der Waals surface area contributed by atoms with Gasteiger partial charge in [0.25, 0.3) is 5.92 Å². The van der Waals surface area contributed by atoms with Gasteiger partial charge in [-0.3, -0.25) is 0 Å². The molecule has 1 aliphatic rings. The third kappa shape index (κ3) is 6.08. The molecule has 4 rings (SSSR count). The number of nitrogens with zero attached hydrogens (tertiary/aromatic N) is 5. The number of aliphatic imine (C=N–C) groups is 1. The SMILES string of the molecule is CC(C)=Nc1ncc(-c2ccn3nc(NCC(F)(F)C4CC4)ncc23)cc1C.CC(C)C. The lowest BCUT2D eigenvalue weighted by molar-refractivity contribution is -0.00834. The molecule has 1 aliphatic carbocycles. The zero-order valence-corrected chi connectivity index (χ0v) is 19.7. The first-order chi connectivity index (χ1) is 15.1. The van der Waals surface area contributed by atoms with Gasteiger partial charge in [0, 0.05) is 35.2 Å². The van der Waals surface area contributed by atoms with Gasteiger partial charge in [0.15, 0.2) is 5.82 Å². The lowest BCUT2D eigenvalue weighted by Gasteiger charge is -2.15.